The van der Waals surface area contributed by atoms with Gasteiger partial charge in [0.25, 0.3) is 5.91 Å². The Kier molecular flexibility index (Phi) is 4.01. The molecule has 24 heavy (non-hydrogen) atoms. The summed E-state index contributed by atoms with van der Waals surface area (Å²) in [7, 11) is 1.63. The summed E-state index contributed by atoms with van der Waals surface area (Å²) in [5.41, 5.74) is 3.40. The molecule has 0 aliphatic heterocycles. The highest BCUT2D eigenvalue weighted by molar-refractivity contribution is 5.97. The van der Waals surface area contributed by atoms with Gasteiger partial charge in [-0.3, -0.25) is 4.79 Å². The molecular weight excluding hydrogens is 298 g/mol. The van der Waals surface area contributed by atoms with E-state index in [0.29, 0.717) is 17.4 Å². The van der Waals surface area contributed by atoms with Crippen molar-refractivity contribution in [3.63, 3.8) is 0 Å². The number of carbonyl (C=O) groups excluding carboxylic acids is 1. The first-order valence-electron chi connectivity index (χ1n) is 8.83. The van der Waals surface area contributed by atoms with Gasteiger partial charge in [0.15, 0.2) is 0 Å². The average Bonchev–Trinajstić information content (AvgIpc) is 3.47. The third kappa shape index (κ3) is 2.68. The summed E-state index contributed by atoms with van der Waals surface area (Å²) in [6.07, 6.45) is 5.53. The number of carbonyl (C=O) groups is 1. The van der Waals surface area contributed by atoms with Crippen LogP contribution < -0.4 is 4.74 Å². The summed E-state index contributed by atoms with van der Waals surface area (Å²) in [6, 6.07) is 16.7. The van der Waals surface area contributed by atoms with Gasteiger partial charge in [-0.2, -0.15) is 0 Å². The van der Waals surface area contributed by atoms with Gasteiger partial charge in [-0.1, -0.05) is 36.4 Å². The van der Waals surface area contributed by atoms with E-state index in [1.54, 1.807) is 7.11 Å². The Hall–Kier alpha value is -2.29. The zero-order valence-electron chi connectivity index (χ0n) is 14.1. The van der Waals surface area contributed by atoms with Crippen molar-refractivity contribution in [3.8, 4) is 5.75 Å². The van der Waals surface area contributed by atoms with Crippen LogP contribution in [0.25, 0.3) is 0 Å². The number of rotatable bonds is 4. The van der Waals surface area contributed by atoms with Gasteiger partial charge in [-0.25, -0.2) is 0 Å². The van der Waals surface area contributed by atoms with Crippen molar-refractivity contribution in [2.45, 2.75) is 44.2 Å². The quantitative estimate of drug-likeness (QED) is 0.836. The summed E-state index contributed by atoms with van der Waals surface area (Å²) in [5.74, 6) is 0.772. The summed E-state index contributed by atoms with van der Waals surface area (Å²) >= 11 is 0. The lowest BCUT2D eigenvalue weighted by molar-refractivity contribution is 0.0634. The molecule has 1 saturated carbocycles. The lowest BCUT2D eigenvalue weighted by atomic mass is 9.86. The Morgan fingerprint density at radius 3 is 2.58 bits per heavy atom. The summed E-state index contributed by atoms with van der Waals surface area (Å²) in [6.45, 7) is 0. The van der Waals surface area contributed by atoms with Crippen molar-refractivity contribution in [1.82, 2.24) is 4.90 Å². The van der Waals surface area contributed by atoms with E-state index in [1.165, 1.54) is 11.1 Å². The molecule has 3 nitrogen and oxygen atoms in total. The van der Waals surface area contributed by atoms with Crippen molar-refractivity contribution in [2.75, 3.05) is 7.11 Å². The molecule has 4 rings (SSSR count). The van der Waals surface area contributed by atoms with E-state index >= 15 is 0 Å². The predicted octanol–water partition coefficient (Wildman–Crippen LogP) is 4.38. The largest absolute Gasteiger partial charge is 0.496 e. The number of amides is 1. The van der Waals surface area contributed by atoms with Crippen molar-refractivity contribution in [2.24, 2.45) is 0 Å². The average molecular weight is 321 g/mol. The number of para-hydroxylation sites is 1. The first-order chi connectivity index (χ1) is 11.8. The molecule has 0 saturated heterocycles. The molecule has 124 valence electrons. The van der Waals surface area contributed by atoms with E-state index in [2.05, 4.69) is 29.2 Å². The third-order valence-electron chi connectivity index (χ3n) is 5.19. The first kappa shape index (κ1) is 15.3. The van der Waals surface area contributed by atoms with Crippen LogP contribution in [-0.4, -0.2) is 24.0 Å². The summed E-state index contributed by atoms with van der Waals surface area (Å²) in [4.78, 5) is 15.5. The minimum Gasteiger partial charge on any atom is -0.496 e. The van der Waals surface area contributed by atoms with E-state index < -0.39 is 0 Å². The molecule has 0 N–H and O–H groups in total. The summed E-state index contributed by atoms with van der Waals surface area (Å²) in [5, 5.41) is 0. The zero-order valence-corrected chi connectivity index (χ0v) is 14.1. The lowest BCUT2D eigenvalue weighted by Gasteiger charge is -2.36. The van der Waals surface area contributed by atoms with Crippen molar-refractivity contribution in [1.29, 1.82) is 0 Å². The van der Waals surface area contributed by atoms with E-state index in [9.17, 15) is 4.79 Å². The highest BCUT2D eigenvalue weighted by atomic mass is 16.5. The van der Waals surface area contributed by atoms with E-state index in [1.807, 2.05) is 24.3 Å². The van der Waals surface area contributed by atoms with Crippen LogP contribution in [0.2, 0.25) is 0 Å². The molecule has 0 spiro atoms. The number of fused-ring (bicyclic) bond motifs is 1. The van der Waals surface area contributed by atoms with Crippen LogP contribution in [-0.2, 0) is 6.42 Å². The van der Waals surface area contributed by atoms with Crippen molar-refractivity contribution >= 4 is 5.91 Å². The minimum absolute atomic E-state index is 0.108. The van der Waals surface area contributed by atoms with Gasteiger partial charge in [-0.05, 0) is 55.4 Å². The van der Waals surface area contributed by atoms with Crippen molar-refractivity contribution < 1.29 is 9.53 Å². The number of benzene rings is 2. The number of methoxy groups -OCH3 is 1. The Morgan fingerprint density at radius 2 is 1.79 bits per heavy atom. The molecule has 0 radical (unpaired) electrons. The highest BCUT2D eigenvalue weighted by Crippen LogP contribution is 2.42. The molecule has 2 aliphatic rings. The van der Waals surface area contributed by atoms with Crippen LogP contribution in [0.15, 0.2) is 48.5 Å². The van der Waals surface area contributed by atoms with Gasteiger partial charge in [0.05, 0.1) is 18.7 Å². The Morgan fingerprint density at radius 1 is 1.04 bits per heavy atom. The lowest BCUT2D eigenvalue weighted by Crippen LogP contribution is -2.38. The maximum absolute atomic E-state index is 13.4. The molecule has 0 bridgehead atoms. The zero-order chi connectivity index (χ0) is 16.5. The van der Waals surface area contributed by atoms with Gasteiger partial charge < -0.3 is 9.64 Å². The second kappa shape index (κ2) is 6.31. The van der Waals surface area contributed by atoms with Gasteiger partial charge >= 0.3 is 0 Å². The number of hydrogen-bond acceptors (Lipinski definition) is 2. The molecular formula is C21H23NO2. The molecule has 2 aromatic rings. The third-order valence-corrected chi connectivity index (χ3v) is 5.19. The normalized spacial score (nSPS) is 19.5. The molecule has 2 aliphatic carbocycles. The number of ether oxygens (including phenoxy) is 1. The van der Waals surface area contributed by atoms with Gasteiger partial charge in [-0.15, -0.1) is 0 Å². The van der Waals surface area contributed by atoms with Crippen LogP contribution in [0.4, 0.5) is 0 Å². The van der Waals surface area contributed by atoms with E-state index in [4.69, 9.17) is 4.74 Å². The fraction of sp³-hybridized carbons (Fsp3) is 0.381. The maximum Gasteiger partial charge on any atom is 0.258 e. The minimum atomic E-state index is 0.108. The maximum atomic E-state index is 13.4. The molecule has 0 heterocycles. The summed E-state index contributed by atoms with van der Waals surface area (Å²) < 4.78 is 5.43. The van der Waals surface area contributed by atoms with Crippen LogP contribution in [0.5, 0.6) is 5.75 Å². The predicted molar refractivity (Wildman–Crippen MR) is 94.3 cm³/mol. The van der Waals surface area contributed by atoms with Crippen LogP contribution in [0.3, 0.4) is 0 Å². The second-order valence-electron chi connectivity index (χ2n) is 6.75. The number of nitrogens with zero attached hydrogens (tertiary/aromatic N) is 1. The van der Waals surface area contributed by atoms with Gasteiger partial charge in [0.2, 0.25) is 0 Å². The molecule has 2 aromatic carbocycles. The fourth-order valence-electron chi connectivity index (χ4n) is 3.89. The molecule has 1 amide bonds. The Balaban J connectivity index is 1.72. The molecule has 1 unspecified atom stereocenters. The fourth-order valence-corrected chi connectivity index (χ4v) is 3.89. The number of aryl methyl sites for hydroxylation is 1. The monoisotopic (exact) mass is 321 g/mol. The Bertz CT molecular complexity index is 751. The topological polar surface area (TPSA) is 29.5 Å². The van der Waals surface area contributed by atoms with Crippen LogP contribution >= 0.6 is 0 Å². The Labute approximate surface area is 143 Å². The van der Waals surface area contributed by atoms with Gasteiger partial charge in [0, 0.05) is 6.04 Å². The molecule has 0 aromatic heterocycles. The smallest absolute Gasteiger partial charge is 0.258 e. The standard InChI is InChI=1S/C21H23NO2/c1-24-20-12-5-4-10-18(20)21(23)22(16-13-14-16)19-11-6-8-15-7-2-3-9-17(15)19/h2-5,7,9-10,12,16,19H,6,8,11,13-14H2,1H3. The van der Waals surface area contributed by atoms with Crippen LogP contribution in [0, 0.1) is 0 Å². The second-order valence-corrected chi connectivity index (χ2v) is 6.75. The van der Waals surface area contributed by atoms with Gasteiger partial charge in [0.1, 0.15) is 5.75 Å². The van der Waals surface area contributed by atoms with Crippen molar-refractivity contribution in [3.05, 3.63) is 65.2 Å². The molecule has 1 atom stereocenters. The van der Waals surface area contributed by atoms with E-state index in [0.717, 1.165) is 32.1 Å². The SMILES string of the molecule is COc1ccccc1C(=O)N(C1CC1)C1CCCc2ccccc21. The molecule has 3 heteroatoms. The number of hydrogen-bond donors (Lipinski definition) is 0. The highest BCUT2D eigenvalue weighted by Gasteiger charge is 2.40. The van der Waals surface area contributed by atoms with E-state index in [-0.39, 0.29) is 11.9 Å². The molecule has 1 fully saturated rings. The van der Waals surface area contributed by atoms with Crippen LogP contribution in [0.1, 0.15) is 53.2 Å². The first-order valence-corrected chi connectivity index (χ1v) is 8.83.